The zero-order chi connectivity index (χ0) is 18.7. The number of benzene rings is 2. The molecule has 0 bridgehead atoms. The van der Waals surface area contributed by atoms with Gasteiger partial charge in [0.05, 0.1) is 21.5 Å². The van der Waals surface area contributed by atoms with E-state index >= 15 is 0 Å². The van der Waals surface area contributed by atoms with Crippen LogP contribution in [0.15, 0.2) is 64.4 Å². The highest BCUT2D eigenvalue weighted by molar-refractivity contribution is 7.95. The van der Waals surface area contributed by atoms with Gasteiger partial charge in [0.1, 0.15) is 0 Å². The minimum absolute atomic E-state index is 0.137. The predicted molar refractivity (Wildman–Crippen MR) is 101 cm³/mol. The zero-order valence-corrected chi connectivity index (χ0v) is 15.2. The molecule has 0 saturated heterocycles. The van der Waals surface area contributed by atoms with E-state index in [9.17, 15) is 13.2 Å². The fraction of sp³-hybridized carbons (Fsp3) is 0.211. The summed E-state index contributed by atoms with van der Waals surface area (Å²) in [6, 6.07) is 14.4. The Morgan fingerprint density at radius 2 is 1.77 bits per heavy atom. The molecule has 0 aromatic heterocycles. The van der Waals surface area contributed by atoms with E-state index in [4.69, 9.17) is 5.73 Å². The Hall–Kier alpha value is -2.80. The largest absolute Gasteiger partial charge is 0.384 e. The molecule has 7 heteroatoms. The molecular weight excluding hydrogens is 350 g/mol. The summed E-state index contributed by atoms with van der Waals surface area (Å²) >= 11 is 0. The van der Waals surface area contributed by atoms with E-state index in [1.165, 1.54) is 0 Å². The number of primary amides is 1. The molecule has 2 amide bonds. The number of hydrogen-bond acceptors (Lipinski definition) is 4. The maximum atomic E-state index is 13.4. The topological polar surface area (TPSA) is 101 Å². The summed E-state index contributed by atoms with van der Waals surface area (Å²) in [5.74, 6) is 0. The van der Waals surface area contributed by atoms with Crippen molar-refractivity contribution in [2.75, 3.05) is 6.54 Å². The van der Waals surface area contributed by atoms with Crippen LogP contribution in [0.2, 0.25) is 0 Å². The number of hydrogen-bond donors (Lipinski definition) is 3. The molecule has 0 saturated carbocycles. The van der Waals surface area contributed by atoms with Crippen LogP contribution in [0.5, 0.6) is 0 Å². The molecule has 136 valence electrons. The van der Waals surface area contributed by atoms with Crippen LogP contribution in [0.1, 0.15) is 17.5 Å². The van der Waals surface area contributed by atoms with Crippen LogP contribution in [0.3, 0.4) is 0 Å². The fourth-order valence-electron chi connectivity index (χ4n) is 3.06. The van der Waals surface area contributed by atoms with Gasteiger partial charge in [-0.25, -0.2) is 13.2 Å². The molecule has 0 aliphatic carbocycles. The summed E-state index contributed by atoms with van der Waals surface area (Å²) in [6.45, 7) is 2.42. The minimum atomic E-state index is -3.82. The summed E-state index contributed by atoms with van der Waals surface area (Å²) in [4.78, 5) is 11.8. The minimum Gasteiger partial charge on any atom is -0.384 e. The molecule has 4 N–H and O–H groups in total. The first-order valence-corrected chi connectivity index (χ1v) is 9.79. The van der Waals surface area contributed by atoms with Crippen LogP contribution < -0.4 is 16.4 Å². The lowest BCUT2D eigenvalue weighted by Gasteiger charge is -2.30. The Bertz CT molecular complexity index is 936. The number of sulfone groups is 1. The lowest BCUT2D eigenvalue weighted by molar-refractivity contribution is 0.246. The van der Waals surface area contributed by atoms with Gasteiger partial charge in [-0.1, -0.05) is 48.0 Å². The molecule has 1 atom stereocenters. The molecule has 3 rings (SSSR count). The van der Waals surface area contributed by atoms with Crippen molar-refractivity contribution in [3.8, 4) is 0 Å². The molecule has 1 heterocycles. The lowest BCUT2D eigenvalue weighted by atomic mass is 10.0. The maximum absolute atomic E-state index is 13.4. The van der Waals surface area contributed by atoms with Crippen molar-refractivity contribution < 1.29 is 13.2 Å². The third-order valence-electron chi connectivity index (χ3n) is 4.30. The average Bonchev–Trinajstić information content (AvgIpc) is 2.62. The van der Waals surface area contributed by atoms with Gasteiger partial charge >= 0.3 is 6.03 Å². The molecule has 6 nitrogen and oxygen atoms in total. The first-order valence-electron chi connectivity index (χ1n) is 8.31. The summed E-state index contributed by atoms with van der Waals surface area (Å²) in [5, 5.41) is 5.76. The van der Waals surface area contributed by atoms with Gasteiger partial charge in [0.2, 0.25) is 9.84 Å². The highest BCUT2D eigenvalue weighted by atomic mass is 32.2. The van der Waals surface area contributed by atoms with Crippen molar-refractivity contribution >= 4 is 21.6 Å². The Morgan fingerprint density at radius 3 is 2.38 bits per heavy atom. The second-order valence-electron chi connectivity index (χ2n) is 6.20. The highest BCUT2D eigenvalue weighted by Gasteiger charge is 2.35. The number of carbonyl (C=O) groups is 1. The van der Waals surface area contributed by atoms with Crippen LogP contribution in [-0.2, 0) is 9.84 Å². The van der Waals surface area contributed by atoms with E-state index in [1.54, 1.807) is 24.3 Å². The third-order valence-corrected chi connectivity index (χ3v) is 6.26. The molecule has 2 aromatic rings. The van der Waals surface area contributed by atoms with Crippen molar-refractivity contribution in [2.45, 2.75) is 24.3 Å². The molecule has 0 fully saturated rings. The van der Waals surface area contributed by atoms with E-state index in [1.807, 2.05) is 37.3 Å². The number of nitrogens with two attached hydrogens (primary N) is 1. The molecule has 2 aromatic carbocycles. The van der Waals surface area contributed by atoms with Crippen LogP contribution in [0.25, 0.3) is 5.70 Å². The van der Waals surface area contributed by atoms with Crippen LogP contribution >= 0.6 is 0 Å². The molecule has 0 spiro atoms. The summed E-state index contributed by atoms with van der Waals surface area (Å²) in [5.41, 5.74) is 7.49. The standard InChI is InChI=1S/C19H21N3O3S/c1-13-7-9-15(10-8-13)26(24,25)18-16(22-19(20)23)11-12-21-17(18)14-5-3-2-4-6-14/h2-10,16,21H,11-12H2,1H3,(H3,20,22,23). The molecule has 0 radical (unpaired) electrons. The number of aryl methyl sites for hydroxylation is 1. The highest BCUT2D eigenvalue weighted by Crippen LogP contribution is 2.32. The van der Waals surface area contributed by atoms with Crippen molar-refractivity contribution in [1.29, 1.82) is 0 Å². The number of urea groups is 1. The predicted octanol–water partition coefficient (Wildman–Crippen LogP) is 2.17. The second-order valence-corrected chi connectivity index (χ2v) is 8.12. The zero-order valence-electron chi connectivity index (χ0n) is 14.4. The van der Waals surface area contributed by atoms with Gasteiger partial charge < -0.3 is 16.4 Å². The van der Waals surface area contributed by atoms with E-state index in [0.29, 0.717) is 18.7 Å². The van der Waals surface area contributed by atoms with Gasteiger partial charge in [-0.3, -0.25) is 0 Å². The number of amides is 2. The van der Waals surface area contributed by atoms with Crippen molar-refractivity contribution in [3.05, 3.63) is 70.6 Å². The van der Waals surface area contributed by atoms with Gasteiger partial charge in [0, 0.05) is 6.54 Å². The molecular formula is C19H21N3O3S. The van der Waals surface area contributed by atoms with Gasteiger partial charge in [0.25, 0.3) is 0 Å². The SMILES string of the molecule is Cc1ccc(S(=O)(=O)C2=C(c3ccccc3)NCCC2NC(N)=O)cc1. The van der Waals surface area contributed by atoms with Crippen molar-refractivity contribution in [1.82, 2.24) is 10.6 Å². The quantitative estimate of drug-likeness (QED) is 0.766. The Balaban J connectivity index is 2.21. The second kappa shape index (κ2) is 7.21. The Morgan fingerprint density at radius 1 is 1.12 bits per heavy atom. The Labute approximate surface area is 153 Å². The molecule has 1 aliphatic heterocycles. The van der Waals surface area contributed by atoms with Gasteiger partial charge in [0.15, 0.2) is 0 Å². The number of rotatable bonds is 4. The van der Waals surface area contributed by atoms with Gasteiger partial charge in [-0.05, 0) is 31.0 Å². The maximum Gasteiger partial charge on any atom is 0.312 e. The first-order chi connectivity index (χ1) is 12.4. The van der Waals surface area contributed by atoms with Gasteiger partial charge in [-0.2, -0.15) is 0 Å². The van der Waals surface area contributed by atoms with E-state index < -0.39 is 21.9 Å². The van der Waals surface area contributed by atoms with Crippen LogP contribution in [0, 0.1) is 6.92 Å². The molecule has 26 heavy (non-hydrogen) atoms. The fourth-order valence-corrected chi connectivity index (χ4v) is 4.82. The molecule has 1 unspecified atom stereocenters. The summed E-state index contributed by atoms with van der Waals surface area (Å²) < 4.78 is 26.8. The van der Waals surface area contributed by atoms with Gasteiger partial charge in [-0.15, -0.1) is 0 Å². The number of carbonyl (C=O) groups excluding carboxylic acids is 1. The van der Waals surface area contributed by atoms with E-state index in [2.05, 4.69) is 10.6 Å². The summed E-state index contributed by atoms with van der Waals surface area (Å²) in [7, 11) is -3.82. The van der Waals surface area contributed by atoms with Crippen LogP contribution in [-0.4, -0.2) is 27.0 Å². The normalized spacial score (nSPS) is 17.5. The smallest absolute Gasteiger partial charge is 0.312 e. The first kappa shape index (κ1) is 18.0. The number of nitrogens with one attached hydrogen (secondary N) is 2. The monoisotopic (exact) mass is 371 g/mol. The van der Waals surface area contributed by atoms with E-state index in [-0.39, 0.29) is 9.80 Å². The lowest BCUT2D eigenvalue weighted by Crippen LogP contribution is -2.46. The average molecular weight is 371 g/mol. The van der Waals surface area contributed by atoms with E-state index in [0.717, 1.165) is 11.1 Å². The Kier molecular flexibility index (Phi) is 4.99. The van der Waals surface area contributed by atoms with Crippen LogP contribution in [0.4, 0.5) is 4.79 Å². The van der Waals surface area contributed by atoms with Crippen molar-refractivity contribution in [3.63, 3.8) is 0 Å². The summed E-state index contributed by atoms with van der Waals surface area (Å²) in [6.07, 6.45) is 0.430. The molecule has 1 aliphatic rings. The third kappa shape index (κ3) is 3.57. The van der Waals surface area contributed by atoms with Crippen molar-refractivity contribution in [2.24, 2.45) is 5.73 Å².